The van der Waals surface area contributed by atoms with E-state index in [-0.39, 0.29) is 36.8 Å². The van der Waals surface area contributed by atoms with Crippen LogP contribution in [-0.2, 0) is 28.7 Å². The molecule has 0 spiro atoms. The molecule has 13 nitrogen and oxygen atoms in total. The van der Waals surface area contributed by atoms with Crippen molar-refractivity contribution in [2.24, 2.45) is 34.0 Å². The van der Waals surface area contributed by atoms with Gasteiger partial charge in [-0.3, -0.25) is 19.2 Å². The Balaban J connectivity index is 1.75. The van der Waals surface area contributed by atoms with E-state index in [1.165, 1.54) is 11.0 Å². The van der Waals surface area contributed by atoms with Gasteiger partial charge >= 0.3 is 12.2 Å². The van der Waals surface area contributed by atoms with Crippen molar-refractivity contribution in [2.75, 3.05) is 26.3 Å². The minimum atomic E-state index is -1.05. The summed E-state index contributed by atoms with van der Waals surface area (Å²) in [4.78, 5) is 80.7. The maximum absolute atomic E-state index is 14.3. The van der Waals surface area contributed by atoms with Gasteiger partial charge in [0.15, 0.2) is 0 Å². The number of likely N-dealkylation sites (tertiary alicyclic amines) is 1. The lowest BCUT2D eigenvalue weighted by Gasteiger charge is -2.38. The number of carbonyl (C=O) groups excluding carboxylic acids is 6. The lowest BCUT2D eigenvalue weighted by Crippen LogP contribution is -2.62. The van der Waals surface area contributed by atoms with Crippen LogP contribution in [0, 0.1) is 34.0 Å². The predicted molar refractivity (Wildman–Crippen MR) is 179 cm³/mol. The molecule has 6 atom stereocenters. The Labute approximate surface area is 285 Å². The lowest BCUT2D eigenvalue weighted by atomic mass is 9.85. The number of ketones is 1. The highest BCUT2D eigenvalue weighted by molar-refractivity contribution is 6.38. The third kappa shape index (κ3) is 9.72. The van der Waals surface area contributed by atoms with Gasteiger partial charge in [0.05, 0.1) is 18.7 Å². The Morgan fingerprint density at radius 3 is 2.15 bits per heavy atom. The second-order valence-corrected chi connectivity index (χ2v) is 16.3. The summed E-state index contributed by atoms with van der Waals surface area (Å²) in [5.41, 5.74) is -1.45. The van der Waals surface area contributed by atoms with Gasteiger partial charge in [0.2, 0.25) is 17.6 Å². The molecule has 1 heterocycles. The van der Waals surface area contributed by atoms with Crippen molar-refractivity contribution >= 4 is 35.7 Å². The summed E-state index contributed by atoms with van der Waals surface area (Å²) in [6.07, 6.45) is 3.53. The molecular weight excluding hydrogens is 618 g/mol. The van der Waals surface area contributed by atoms with Crippen LogP contribution >= 0.6 is 0 Å². The van der Waals surface area contributed by atoms with Gasteiger partial charge in [0, 0.05) is 13.1 Å². The van der Waals surface area contributed by atoms with Crippen molar-refractivity contribution in [3.63, 3.8) is 0 Å². The van der Waals surface area contributed by atoms with Gasteiger partial charge in [-0.15, -0.1) is 6.58 Å². The molecule has 2 aliphatic carbocycles. The number of hydrogen-bond donors (Lipinski definition) is 4. The van der Waals surface area contributed by atoms with Gasteiger partial charge in [0.25, 0.3) is 5.91 Å². The van der Waals surface area contributed by atoms with E-state index in [0.29, 0.717) is 25.5 Å². The highest BCUT2D eigenvalue weighted by atomic mass is 16.7. The molecule has 4 N–H and O–H groups in total. The van der Waals surface area contributed by atoms with Crippen molar-refractivity contribution in [3.05, 3.63) is 12.7 Å². The second kappa shape index (κ2) is 15.3. The Morgan fingerprint density at radius 1 is 0.958 bits per heavy atom. The number of hydrogen-bond acceptors (Lipinski definition) is 8. The maximum Gasteiger partial charge on any atom is 0.508 e. The molecule has 5 amide bonds. The molecule has 48 heavy (non-hydrogen) atoms. The molecule has 13 heteroatoms. The number of fused-ring (bicyclic) bond motifs is 1. The topological polar surface area (TPSA) is 172 Å². The van der Waals surface area contributed by atoms with Crippen molar-refractivity contribution in [1.29, 1.82) is 0 Å². The number of Topliss-reactive ketones (excluding diaryl/α,β-unsaturated/α-hetero) is 1. The monoisotopic (exact) mass is 675 g/mol. The number of urea groups is 1. The molecule has 3 fully saturated rings. The highest BCUT2D eigenvalue weighted by Gasteiger charge is 2.70. The van der Waals surface area contributed by atoms with Crippen LogP contribution in [0.3, 0.4) is 0 Å². The number of rotatable bonds is 15. The number of amides is 5. The molecule has 3 aliphatic rings. The Hall–Kier alpha value is -3.64. The summed E-state index contributed by atoms with van der Waals surface area (Å²) in [6, 6.07) is -4.17. The predicted octanol–water partition coefficient (Wildman–Crippen LogP) is 3.32. The van der Waals surface area contributed by atoms with Gasteiger partial charge in [-0.05, 0) is 53.3 Å². The molecule has 1 aliphatic heterocycles. The minimum Gasteiger partial charge on any atom is -0.434 e. The van der Waals surface area contributed by atoms with Gasteiger partial charge in [-0.1, -0.05) is 74.8 Å². The zero-order valence-corrected chi connectivity index (χ0v) is 30.2. The van der Waals surface area contributed by atoms with Gasteiger partial charge in [-0.2, -0.15) is 0 Å². The van der Waals surface area contributed by atoms with Crippen LogP contribution in [-0.4, -0.2) is 91.1 Å². The van der Waals surface area contributed by atoms with E-state index in [2.05, 4.69) is 27.8 Å². The van der Waals surface area contributed by atoms with E-state index in [4.69, 9.17) is 9.47 Å². The molecule has 0 radical (unpaired) electrons. The third-order valence-electron chi connectivity index (χ3n) is 9.84. The smallest absolute Gasteiger partial charge is 0.434 e. The SMILES string of the molecule is C=CCNC(=O)C(=O)C(CCC)NC(=O)[C@@H]1[C@@H]2[C@H](CN1C(=O)[C@@H](NC(=O)N[C@H](COC(=O)OCC1CC1)C(C)(C)C)C(C)(C)C)C2(C)C. The van der Waals surface area contributed by atoms with Crippen molar-refractivity contribution in [3.8, 4) is 0 Å². The Morgan fingerprint density at radius 2 is 1.60 bits per heavy atom. The van der Waals surface area contributed by atoms with Crippen LogP contribution in [0.25, 0.3) is 0 Å². The van der Waals surface area contributed by atoms with Crippen molar-refractivity contribution in [1.82, 2.24) is 26.2 Å². The largest absolute Gasteiger partial charge is 0.508 e. The van der Waals surface area contributed by atoms with Crippen LogP contribution in [0.2, 0.25) is 0 Å². The zero-order valence-electron chi connectivity index (χ0n) is 30.2. The third-order valence-corrected chi connectivity index (χ3v) is 9.84. The molecule has 0 bridgehead atoms. The first-order valence-electron chi connectivity index (χ1n) is 17.1. The fraction of sp³-hybridized carbons (Fsp3) is 0.771. The van der Waals surface area contributed by atoms with E-state index in [9.17, 15) is 28.8 Å². The average Bonchev–Trinajstić information content (AvgIpc) is 3.85. The number of nitrogens with zero attached hydrogens (tertiary/aromatic N) is 1. The number of ether oxygens (including phenoxy) is 2. The molecule has 1 saturated heterocycles. The summed E-state index contributed by atoms with van der Waals surface area (Å²) < 4.78 is 10.5. The molecule has 270 valence electrons. The van der Waals surface area contributed by atoms with E-state index in [0.717, 1.165) is 12.8 Å². The Bertz CT molecular complexity index is 1250. The molecule has 0 aromatic heterocycles. The average molecular weight is 676 g/mol. The summed E-state index contributed by atoms with van der Waals surface area (Å²) in [7, 11) is 0. The second-order valence-electron chi connectivity index (χ2n) is 16.3. The zero-order chi connectivity index (χ0) is 36.2. The van der Waals surface area contributed by atoms with E-state index < -0.39 is 70.7 Å². The molecule has 0 aromatic carbocycles. The number of nitrogens with one attached hydrogen (secondary N) is 4. The van der Waals surface area contributed by atoms with Crippen molar-refractivity contribution < 1.29 is 38.2 Å². The molecule has 3 rings (SSSR count). The standard InChI is InChI=1S/C35H57N5O8/c1-11-13-22(26(41)29(43)36-16-12-2)37-28(42)25-24-21(35(24,9)10)17-40(25)30(44)27(34(6,7)8)39-31(45)38-23(33(3,4)5)19-48-32(46)47-18-20-14-15-20/h12,20-25,27H,2,11,13-19H2,1,3-10H3,(H,36,43)(H,37,42)(H2,38,39,45)/t21-,22?,23+,24-,25-,27+/m0/s1. The Kier molecular flexibility index (Phi) is 12.4. The van der Waals surface area contributed by atoms with Gasteiger partial charge in [-0.25, -0.2) is 9.59 Å². The summed E-state index contributed by atoms with van der Waals surface area (Å²) >= 11 is 0. The number of piperidine rings is 1. The van der Waals surface area contributed by atoms with E-state index >= 15 is 0 Å². The van der Waals surface area contributed by atoms with E-state index in [1.54, 1.807) is 0 Å². The van der Waals surface area contributed by atoms with Crippen LogP contribution in [0.1, 0.15) is 88.0 Å². The summed E-state index contributed by atoms with van der Waals surface area (Å²) in [6.45, 7) is 21.3. The minimum absolute atomic E-state index is 0.0601. The molecule has 0 aromatic rings. The maximum atomic E-state index is 14.3. The fourth-order valence-electron chi connectivity index (χ4n) is 6.36. The quantitative estimate of drug-likeness (QED) is 0.116. The van der Waals surface area contributed by atoms with Crippen LogP contribution in [0.15, 0.2) is 12.7 Å². The summed E-state index contributed by atoms with van der Waals surface area (Å²) in [5.74, 6) is -2.19. The van der Waals surface area contributed by atoms with Gasteiger partial charge in [0.1, 0.15) is 18.7 Å². The summed E-state index contributed by atoms with van der Waals surface area (Å²) in [5, 5.41) is 10.9. The first-order chi connectivity index (χ1) is 22.2. The van der Waals surface area contributed by atoms with Crippen LogP contribution in [0.4, 0.5) is 9.59 Å². The normalized spacial score (nSPS) is 23.0. The van der Waals surface area contributed by atoms with Crippen LogP contribution < -0.4 is 21.3 Å². The molecule has 2 saturated carbocycles. The van der Waals surface area contributed by atoms with Crippen LogP contribution in [0.5, 0.6) is 0 Å². The van der Waals surface area contributed by atoms with Crippen molar-refractivity contribution in [2.45, 2.75) is 112 Å². The van der Waals surface area contributed by atoms with E-state index in [1.807, 2.05) is 62.3 Å². The lowest BCUT2D eigenvalue weighted by molar-refractivity contribution is -0.145. The van der Waals surface area contributed by atoms with Gasteiger partial charge < -0.3 is 35.6 Å². The molecular formula is C35H57N5O8. The highest BCUT2D eigenvalue weighted by Crippen LogP contribution is 2.65. The number of carbonyl (C=O) groups is 6. The first kappa shape index (κ1) is 38.8. The molecule has 1 unspecified atom stereocenters. The fourth-order valence-corrected chi connectivity index (χ4v) is 6.36. The first-order valence-corrected chi connectivity index (χ1v) is 17.1.